The number of hydrogen-bond donors (Lipinski definition) is 2. The lowest BCUT2D eigenvalue weighted by Gasteiger charge is -2.41. The number of nitrogens with one attached hydrogen (secondary N) is 1. The van der Waals surface area contributed by atoms with Gasteiger partial charge in [-0.2, -0.15) is 0 Å². The number of nitrogen functional groups attached to an aromatic ring is 1. The highest BCUT2D eigenvalue weighted by Crippen LogP contribution is 2.39. The van der Waals surface area contributed by atoms with E-state index in [1.807, 2.05) is 24.6 Å². The van der Waals surface area contributed by atoms with Crippen LogP contribution in [0.2, 0.25) is 5.02 Å². The molecule has 1 saturated carbocycles. The highest BCUT2D eigenvalue weighted by molar-refractivity contribution is 6.35. The largest absolute Gasteiger partial charge is 0.383 e. The zero-order valence-corrected chi connectivity index (χ0v) is 25.3. The summed E-state index contributed by atoms with van der Waals surface area (Å²) in [5, 5.41) is 5.08. The monoisotopic (exact) mass is 583 g/mol. The van der Waals surface area contributed by atoms with E-state index in [-0.39, 0.29) is 0 Å². The van der Waals surface area contributed by atoms with Gasteiger partial charge >= 0.3 is 0 Å². The molecule has 0 radical (unpaired) electrons. The van der Waals surface area contributed by atoms with Crippen molar-refractivity contribution in [3.63, 3.8) is 0 Å². The molecule has 2 aromatic carbocycles. The van der Waals surface area contributed by atoms with Crippen molar-refractivity contribution in [1.29, 1.82) is 0 Å². The minimum atomic E-state index is 0.410. The fourth-order valence-corrected chi connectivity index (χ4v) is 7.00. The van der Waals surface area contributed by atoms with Gasteiger partial charge in [0, 0.05) is 62.8 Å². The summed E-state index contributed by atoms with van der Waals surface area (Å²) in [5.74, 6) is 1.26. The van der Waals surface area contributed by atoms with Crippen LogP contribution in [0.4, 0.5) is 17.5 Å². The molecule has 0 unspecified atom stereocenters. The number of nitrogens with two attached hydrogens (primary N) is 1. The second-order valence-electron chi connectivity index (χ2n) is 12.0. The van der Waals surface area contributed by atoms with Crippen LogP contribution in [0.25, 0.3) is 33.2 Å². The number of piperazine rings is 1. The average Bonchev–Trinajstić information content (AvgIpc) is 3.55. The number of halogens is 1. The Balaban J connectivity index is 1.13. The number of rotatable bonds is 5. The molecule has 1 aliphatic carbocycles. The Morgan fingerprint density at radius 3 is 2.36 bits per heavy atom. The third-order valence-electron chi connectivity index (χ3n) is 9.39. The quantitative estimate of drug-likeness (QED) is 0.262. The molecule has 0 amide bonds. The van der Waals surface area contributed by atoms with E-state index in [0.717, 1.165) is 63.2 Å². The van der Waals surface area contributed by atoms with E-state index in [9.17, 15) is 0 Å². The van der Waals surface area contributed by atoms with Crippen molar-refractivity contribution in [2.75, 3.05) is 44.3 Å². The molecule has 218 valence electrons. The normalized spacial score (nSPS) is 20.5. The lowest BCUT2D eigenvalue weighted by molar-refractivity contribution is 0.0828. The van der Waals surface area contributed by atoms with Crippen LogP contribution in [-0.2, 0) is 7.05 Å². The van der Waals surface area contributed by atoms with Crippen molar-refractivity contribution < 1.29 is 0 Å². The summed E-state index contributed by atoms with van der Waals surface area (Å²) in [5.41, 5.74) is 13.3. The number of hydrogen-bond acceptors (Lipinski definition) is 7. The van der Waals surface area contributed by atoms with Crippen LogP contribution in [0.3, 0.4) is 0 Å². The van der Waals surface area contributed by atoms with E-state index in [1.165, 1.54) is 39.0 Å². The molecule has 2 fully saturated rings. The van der Waals surface area contributed by atoms with Crippen LogP contribution in [0.5, 0.6) is 0 Å². The van der Waals surface area contributed by atoms with Crippen molar-refractivity contribution in [3.8, 4) is 11.1 Å². The lowest BCUT2D eigenvalue weighted by Crippen LogP contribution is -2.49. The Bertz CT molecular complexity index is 1740. The topological polar surface area (TPSA) is 93.1 Å². The first-order valence-electron chi connectivity index (χ1n) is 14.9. The molecule has 7 rings (SSSR count). The van der Waals surface area contributed by atoms with E-state index in [0.29, 0.717) is 22.9 Å². The van der Waals surface area contributed by atoms with Gasteiger partial charge in [-0.1, -0.05) is 29.8 Å². The Morgan fingerprint density at radius 2 is 1.62 bits per heavy atom. The van der Waals surface area contributed by atoms with Gasteiger partial charge in [0.2, 0.25) is 5.95 Å². The predicted molar refractivity (Wildman–Crippen MR) is 171 cm³/mol. The standard InChI is InChI=1S/C32H38ClN9/c1-20-4-13-26-29(28(20)33)38-32(40(26)3)37-22-7-5-21(6-8-22)25-18-42(31-27(25)30(34)35-19-36-31)24-11-9-23(10-12-24)41-16-14-39(2)15-17-41/h4-8,13,18-19,23-24H,9-12,14-17H2,1-3H3,(H,37,38)(H2,34,35,36)/t23-,24-. The first-order chi connectivity index (χ1) is 20.4. The molecule has 2 aliphatic rings. The first kappa shape index (κ1) is 27.2. The SMILES string of the molecule is Cc1ccc2c(nc(Nc3ccc(-c4cn([C@H]5CC[C@H](N6CCN(C)CC6)CC5)c5ncnc(N)c45)cc3)n2C)c1Cl. The average molecular weight is 584 g/mol. The van der Waals surface area contributed by atoms with Gasteiger partial charge in [-0.3, -0.25) is 4.90 Å². The van der Waals surface area contributed by atoms with Gasteiger partial charge in [-0.05, 0) is 69.0 Å². The Kier molecular flexibility index (Phi) is 7.04. The third kappa shape index (κ3) is 4.79. The van der Waals surface area contributed by atoms with Gasteiger partial charge in [-0.15, -0.1) is 0 Å². The predicted octanol–water partition coefficient (Wildman–Crippen LogP) is 6.00. The number of aryl methyl sites for hydroxylation is 2. The Hall–Kier alpha value is -3.66. The number of fused-ring (bicyclic) bond motifs is 2. The van der Waals surface area contributed by atoms with Crippen LogP contribution in [0.1, 0.15) is 37.3 Å². The van der Waals surface area contributed by atoms with Crippen LogP contribution in [0.15, 0.2) is 48.9 Å². The summed E-state index contributed by atoms with van der Waals surface area (Å²) in [6.07, 6.45) is 8.57. The molecule has 10 heteroatoms. The van der Waals surface area contributed by atoms with Crippen molar-refractivity contribution in [2.24, 2.45) is 7.05 Å². The lowest BCUT2D eigenvalue weighted by atomic mass is 9.89. The first-order valence-corrected chi connectivity index (χ1v) is 15.3. The van der Waals surface area contributed by atoms with Crippen LogP contribution < -0.4 is 11.1 Å². The summed E-state index contributed by atoms with van der Waals surface area (Å²) in [6.45, 7) is 6.70. The summed E-state index contributed by atoms with van der Waals surface area (Å²) in [6, 6.07) is 13.6. The molecule has 42 heavy (non-hydrogen) atoms. The summed E-state index contributed by atoms with van der Waals surface area (Å²) < 4.78 is 4.39. The second kappa shape index (κ2) is 10.9. The number of nitrogens with zero attached hydrogens (tertiary/aromatic N) is 7. The molecular weight excluding hydrogens is 546 g/mol. The van der Waals surface area contributed by atoms with E-state index < -0.39 is 0 Å². The van der Waals surface area contributed by atoms with Crippen molar-refractivity contribution in [2.45, 2.75) is 44.7 Å². The van der Waals surface area contributed by atoms with E-state index in [2.05, 4.69) is 68.2 Å². The molecule has 9 nitrogen and oxygen atoms in total. The maximum atomic E-state index is 6.54. The summed E-state index contributed by atoms with van der Waals surface area (Å²) in [7, 11) is 4.22. The van der Waals surface area contributed by atoms with Gasteiger partial charge < -0.3 is 25.1 Å². The highest BCUT2D eigenvalue weighted by atomic mass is 35.5. The van der Waals surface area contributed by atoms with Crippen molar-refractivity contribution in [1.82, 2.24) is 33.9 Å². The molecule has 4 heterocycles. The van der Waals surface area contributed by atoms with Gasteiger partial charge in [-0.25, -0.2) is 15.0 Å². The smallest absolute Gasteiger partial charge is 0.208 e. The zero-order valence-electron chi connectivity index (χ0n) is 24.5. The fraction of sp³-hybridized carbons (Fsp3) is 0.406. The molecule has 0 atom stereocenters. The summed E-state index contributed by atoms with van der Waals surface area (Å²) >= 11 is 6.54. The molecule has 1 saturated heterocycles. The highest BCUT2D eigenvalue weighted by Gasteiger charge is 2.30. The van der Waals surface area contributed by atoms with Gasteiger partial charge in [0.15, 0.2) is 0 Å². The minimum absolute atomic E-state index is 0.410. The number of benzene rings is 2. The van der Waals surface area contributed by atoms with E-state index >= 15 is 0 Å². The number of imidazole rings is 1. The molecule has 3 aromatic heterocycles. The van der Waals surface area contributed by atoms with Gasteiger partial charge in [0.25, 0.3) is 0 Å². The minimum Gasteiger partial charge on any atom is -0.383 e. The van der Waals surface area contributed by atoms with E-state index in [1.54, 1.807) is 6.33 Å². The second-order valence-corrected chi connectivity index (χ2v) is 12.3. The fourth-order valence-electron chi connectivity index (χ4n) is 6.80. The Morgan fingerprint density at radius 1 is 0.905 bits per heavy atom. The molecule has 0 bridgehead atoms. The number of aromatic nitrogens is 5. The maximum Gasteiger partial charge on any atom is 0.208 e. The van der Waals surface area contributed by atoms with Crippen LogP contribution in [0, 0.1) is 6.92 Å². The van der Waals surface area contributed by atoms with Crippen molar-refractivity contribution >= 4 is 51.1 Å². The van der Waals surface area contributed by atoms with Crippen molar-refractivity contribution in [3.05, 3.63) is 59.5 Å². The maximum absolute atomic E-state index is 6.54. The Labute approximate surface area is 251 Å². The van der Waals surface area contributed by atoms with Gasteiger partial charge in [0.1, 0.15) is 23.3 Å². The number of likely N-dealkylation sites (N-methyl/N-ethyl adjacent to an activating group) is 1. The summed E-state index contributed by atoms with van der Waals surface area (Å²) in [4.78, 5) is 19.0. The van der Waals surface area contributed by atoms with Crippen LogP contribution >= 0.6 is 11.6 Å². The van der Waals surface area contributed by atoms with Crippen LogP contribution in [-0.4, -0.2) is 73.2 Å². The molecule has 0 spiro atoms. The van der Waals surface area contributed by atoms with E-state index in [4.69, 9.17) is 27.3 Å². The molecule has 1 aliphatic heterocycles. The third-order valence-corrected chi connectivity index (χ3v) is 9.87. The molecular formula is C32H38ClN9. The molecule has 3 N–H and O–H groups in total. The molecule has 5 aromatic rings. The van der Waals surface area contributed by atoms with Gasteiger partial charge in [0.05, 0.1) is 15.9 Å². The zero-order chi connectivity index (χ0) is 29.0. The number of anilines is 3.